The number of hydrogen-bond acceptors (Lipinski definition) is 1. The van der Waals surface area contributed by atoms with E-state index in [9.17, 15) is 13.6 Å². The van der Waals surface area contributed by atoms with Gasteiger partial charge in [-0.25, -0.2) is 8.78 Å². The molecule has 0 aromatic heterocycles. The highest BCUT2D eigenvalue weighted by Crippen LogP contribution is 2.52. The number of carbonyl (C=O) groups excluding carboxylic acids is 1. The van der Waals surface area contributed by atoms with Crippen molar-refractivity contribution in [1.82, 2.24) is 0 Å². The molecule has 0 saturated heterocycles. The van der Waals surface area contributed by atoms with Crippen molar-refractivity contribution in [2.45, 2.75) is 58.3 Å². The number of amides is 1. The first-order valence-corrected chi connectivity index (χ1v) is 8.29. The number of hydrogen-bond donors (Lipinski definition) is 1. The summed E-state index contributed by atoms with van der Waals surface area (Å²) >= 11 is 3.44. The molecule has 1 aliphatic rings. The summed E-state index contributed by atoms with van der Waals surface area (Å²) in [5.74, 6) is -3.58. The Labute approximate surface area is 138 Å². The SMILES string of the molecule is Cc1cc(Br)cc(C)c1C(C(N)=O)C1(C)CCC(F)(F)CC1. The number of alkyl halides is 2. The monoisotopic (exact) mass is 373 g/mol. The first-order valence-electron chi connectivity index (χ1n) is 7.49. The zero-order valence-electron chi connectivity index (χ0n) is 13.2. The molecule has 2 N–H and O–H groups in total. The van der Waals surface area contributed by atoms with Crippen LogP contribution in [0.25, 0.3) is 0 Å². The molecule has 22 heavy (non-hydrogen) atoms. The Morgan fingerprint density at radius 1 is 1.18 bits per heavy atom. The maximum atomic E-state index is 13.5. The van der Waals surface area contributed by atoms with Crippen molar-refractivity contribution in [2.24, 2.45) is 11.1 Å². The van der Waals surface area contributed by atoms with Gasteiger partial charge >= 0.3 is 0 Å². The van der Waals surface area contributed by atoms with Gasteiger partial charge in [0.25, 0.3) is 0 Å². The first-order chi connectivity index (χ1) is 10.1. The molecule has 1 saturated carbocycles. The molecule has 1 fully saturated rings. The fourth-order valence-corrected chi connectivity index (χ4v) is 4.37. The Bertz CT molecular complexity index is 567. The van der Waals surface area contributed by atoms with Gasteiger partial charge in [-0.3, -0.25) is 4.79 Å². The highest BCUT2D eigenvalue weighted by molar-refractivity contribution is 9.10. The summed E-state index contributed by atoms with van der Waals surface area (Å²) in [7, 11) is 0. The second-order valence-corrected chi connectivity index (χ2v) is 7.71. The van der Waals surface area contributed by atoms with E-state index in [0.717, 1.165) is 21.2 Å². The molecule has 2 nitrogen and oxygen atoms in total. The molecule has 0 heterocycles. The van der Waals surface area contributed by atoms with Gasteiger partial charge in [0, 0.05) is 17.3 Å². The van der Waals surface area contributed by atoms with E-state index < -0.39 is 23.2 Å². The normalized spacial score (nSPS) is 21.4. The fourth-order valence-electron chi connectivity index (χ4n) is 3.69. The number of nitrogens with two attached hydrogens (primary N) is 1. The average Bonchev–Trinajstić information content (AvgIpc) is 2.37. The van der Waals surface area contributed by atoms with Crippen LogP contribution in [0, 0.1) is 19.3 Å². The van der Waals surface area contributed by atoms with E-state index in [0.29, 0.717) is 12.8 Å². The number of halogens is 3. The summed E-state index contributed by atoms with van der Waals surface area (Å²) in [6.45, 7) is 5.78. The van der Waals surface area contributed by atoms with Crippen molar-refractivity contribution >= 4 is 21.8 Å². The lowest BCUT2D eigenvalue weighted by atomic mass is 9.63. The molecular weight excluding hydrogens is 352 g/mol. The Kier molecular flexibility index (Phi) is 4.67. The lowest BCUT2D eigenvalue weighted by Crippen LogP contribution is -2.41. The zero-order valence-corrected chi connectivity index (χ0v) is 14.8. The van der Waals surface area contributed by atoms with Crippen LogP contribution in [0.4, 0.5) is 8.78 Å². The van der Waals surface area contributed by atoms with Crippen LogP contribution in [-0.2, 0) is 4.79 Å². The maximum absolute atomic E-state index is 13.5. The lowest BCUT2D eigenvalue weighted by Gasteiger charge is -2.42. The van der Waals surface area contributed by atoms with Gasteiger partial charge in [-0.05, 0) is 60.9 Å². The van der Waals surface area contributed by atoms with Crippen molar-refractivity contribution < 1.29 is 13.6 Å². The quantitative estimate of drug-likeness (QED) is 0.808. The number of benzene rings is 1. The molecule has 0 radical (unpaired) electrons. The minimum Gasteiger partial charge on any atom is -0.369 e. The van der Waals surface area contributed by atoms with E-state index in [1.165, 1.54) is 0 Å². The van der Waals surface area contributed by atoms with Gasteiger partial charge in [-0.15, -0.1) is 0 Å². The molecule has 122 valence electrons. The van der Waals surface area contributed by atoms with Gasteiger partial charge in [0.05, 0.1) is 5.92 Å². The molecule has 0 spiro atoms. The Morgan fingerprint density at radius 2 is 1.64 bits per heavy atom. The predicted octanol–water partition coefficient (Wildman–Crippen LogP) is 4.85. The van der Waals surface area contributed by atoms with Crippen LogP contribution in [0.5, 0.6) is 0 Å². The van der Waals surface area contributed by atoms with Gasteiger partial charge < -0.3 is 5.73 Å². The Morgan fingerprint density at radius 3 is 2.05 bits per heavy atom. The number of aryl methyl sites for hydroxylation is 2. The molecule has 1 unspecified atom stereocenters. The molecule has 2 rings (SSSR count). The topological polar surface area (TPSA) is 43.1 Å². The zero-order chi connectivity index (χ0) is 16.7. The fraction of sp³-hybridized carbons (Fsp3) is 0.588. The number of primary amides is 1. The number of carbonyl (C=O) groups is 1. The van der Waals surface area contributed by atoms with Gasteiger partial charge in [-0.2, -0.15) is 0 Å². The lowest BCUT2D eigenvalue weighted by molar-refractivity contribution is -0.126. The number of rotatable bonds is 3. The van der Waals surface area contributed by atoms with E-state index in [1.54, 1.807) is 0 Å². The second-order valence-electron chi connectivity index (χ2n) is 6.80. The summed E-state index contributed by atoms with van der Waals surface area (Å²) in [6, 6.07) is 3.89. The largest absolute Gasteiger partial charge is 0.369 e. The van der Waals surface area contributed by atoms with Crippen LogP contribution in [0.15, 0.2) is 16.6 Å². The minimum absolute atomic E-state index is 0.179. The molecule has 1 amide bonds. The summed E-state index contributed by atoms with van der Waals surface area (Å²) < 4.78 is 27.9. The molecule has 1 aromatic rings. The van der Waals surface area contributed by atoms with Crippen molar-refractivity contribution in [1.29, 1.82) is 0 Å². The molecule has 0 aliphatic heterocycles. The van der Waals surface area contributed by atoms with Gasteiger partial charge in [0.2, 0.25) is 11.8 Å². The van der Waals surface area contributed by atoms with Crippen molar-refractivity contribution in [3.8, 4) is 0 Å². The minimum atomic E-state index is -2.62. The van der Waals surface area contributed by atoms with Gasteiger partial charge in [0.15, 0.2) is 0 Å². The Balaban J connectivity index is 2.46. The van der Waals surface area contributed by atoms with Gasteiger partial charge in [0.1, 0.15) is 0 Å². The predicted molar refractivity (Wildman–Crippen MR) is 87.1 cm³/mol. The standard InChI is InChI=1S/C17H22BrF2NO/c1-10-8-12(18)9-11(2)13(10)14(15(21)22)16(3)4-6-17(19,20)7-5-16/h8-9,14H,4-7H2,1-3H3,(H2,21,22). The van der Waals surface area contributed by atoms with E-state index in [-0.39, 0.29) is 12.8 Å². The van der Waals surface area contributed by atoms with Crippen LogP contribution < -0.4 is 5.73 Å². The summed E-state index contributed by atoms with van der Waals surface area (Å²) in [6.07, 6.45) is 0.259. The third-order valence-corrected chi connectivity index (χ3v) is 5.41. The van der Waals surface area contributed by atoms with E-state index in [2.05, 4.69) is 15.9 Å². The molecule has 1 aromatic carbocycles. The van der Waals surface area contributed by atoms with E-state index >= 15 is 0 Å². The smallest absolute Gasteiger partial charge is 0.248 e. The molecule has 5 heteroatoms. The van der Waals surface area contributed by atoms with Crippen molar-refractivity contribution in [2.75, 3.05) is 0 Å². The van der Waals surface area contributed by atoms with Crippen LogP contribution in [-0.4, -0.2) is 11.8 Å². The van der Waals surface area contributed by atoms with Crippen molar-refractivity contribution in [3.05, 3.63) is 33.3 Å². The summed E-state index contributed by atoms with van der Waals surface area (Å²) in [5.41, 5.74) is 8.00. The van der Waals surface area contributed by atoms with E-state index in [4.69, 9.17) is 5.73 Å². The van der Waals surface area contributed by atoms with Gasteiger partial charge in [-0.1, -0.05) is 22.9 Å². The van der Waals surface area contributed by atoms with Crippen LogP contribution >= 0.6 is 15.9 Å². The second kappa shape index (κ2) is 5.91. The third kappa shape index (κ3) is 3.34. The van der Waals surface area contributed by atoms with Crippen LogP contribution in [0.3, 0.4) is 0 Å². The van der Waals surface area contributed by atoms with E-state index in [1.807, 2.05) is 32.9 Å². The summed E-state index contributed by atoms with van der Waals surface area (Å²) in [5, 5.41) is 0. The molecule has 1 atom stereocenters. The summed E-state index contributed by atoms with van der Waals surface area (Å²) in [4.78, 5) is 12.2. The average molecular weight is 374 g/mol. The molecule has 0 bridgehead atoms. The van der Waals surface area contributed by atoms with Crippen molar-refractivity contribution in [3.63, 3.8) is 0 Å². The highest BCUT2D eigenvalue weighted by Gasteiger charge is 2.47. The highest BCUT2D eigenvalue weighted by atomic mass is 79.9. The van der Waals surface area contributed by atoms with Crippen LogP contribution in [0.1, 0.15) is 55.2 Å². The first kappa shape index (κ1) is 17.4. The maximum Gasteiger partial charge on any atom is 0.248 e. The Hall–Kier alpha value is -0.970. The van der Waals surface area contributed by atoms with Crippen LogP contribution in [0.2, 0.25) is 0 Å². The molecular formula is C17H22BrF2NO. The third-order valence-electron chi connectivity index (χ3n) is 4.95. The molecule has 1 aliphatic carbocycles.